The molecule has 1 atom stereocenters. The van der Waals surface area contributed by atoms with Gasteiger partial charge in [-0.2, -0.15) is 0 Å². The fraction of sp³-hybridized carbons (Fsp3) is 0.378. The maximum Gasteiger partial charge on any atom is 0.328 e. The number of halogens is 2. The number of amides is 5. The number of imidazole rings is 1. The van der Waals surface area contributed by atoms with Gasteiger partial charge in [0.2, 0.25) is 5.91 Å². The topological polar surface area (TPSA) is 139 Å². The average molecular weight is 861 g/mol. The molecule has 5 amide bonds. The molecule has 14 nitrogen and oxygen atoms in total. The van der Waals surface area contributed by atoms with E-state index in [0.717, 1.165) is 88.4 Å². The number of fused-ring (bicyclic) bond motifs is 2. The van der Waals surface area contributed by atoms with Crippen LogP contribution in [0, 0.1) is 11.6 Å². The zero-order chi connectivity index (χ0) is 42.5. The monoisotopic (exact) mass is 860 g/mol. The molecule has 3 saturated heterocycles. The van der Waals surface area contributed by atoms with Gasteiger partial charge in [0.25, 0.3) is 11.8 Å². The smallest absolute Gasteiger partial charge is 0.328 e. The normalized spacial score (nSPS) is 19.2. The molecule has 3 fully saturated rings. The van der Waals surface area contributed by atoms with E-state index in [1.54, 1.807) is 36.1 Å². The molecular weight excluding hydrogens is 815 g/mol. The van der Waals surface area contributed by atoms with Gasteiger partial charge in [-0.1, -0.05) is 18.2 Å². The lowest BCUT2D eigenvalue weighted by Crippen LogP contribution is -2.53. The molecule has 5 aliphatic rings. The van der Waals surface area contributed by atoms with Crippen LogP contribution in [0.1, 0.15) is 64.6 Å². The lowest BCUT2D eigenvalue weighted by molar-refractivity contribution is -0.121. The highest BCUT2D eigenvalue weighted by Gasteiger charge is 2.42. The van der Waals surface area contributed by atoms with Crippen LogP contribution < -0.4 is 20.4 Å². The second-order valence-corrected chi connectivity index (χ2v) is 17.5. The summed E-state index contributed by atoms with van der Waals surface area (Å²) in [5.74, 6) is -2.01. The number of piperidine rings is 1. The largest absolute Gasteiger partial charge is 0.371 e. The van der Waals surface area contributed by atoms with Crippen molar-refractivity contribution in [1.29, 1.82) is 0 Å². The van der Waals surface area contributed by atoms with Crippen molar-refractivity contribution in [3.63, 3.8) is 0 Å². The molecule has 0 aliphatic carbocycles. The number of urea groups is 1. The molecule has 320 valence electrons. The van der Waals surface area contributed by atoms with Crippen LogP contribution in [0.15, 0.2) is 72.5 Å². The number of rotatable bonds is 10. The van der Waals surface area contributed by atoms with Crippen molar-refractivity contribution in [1.82, 2.24) is 34.6 Å². The molecule has 0 bridgehead atoms. The first-order valence-corrected chi connectivity index (χ1v) is 22.1. The van der Waals surface area contributed by atoms with Gasteiger partial charge in [-0.3, -0.25) is 39.7 Å². The highest BCUT2D eigenvalue weighted by Crippen LogP contribution is 2.38. The van der Waals surface area contributed by atoms with Crippen molar-refractivity contribution < 1.29 is 28.0 Å². The van der Waals surface area contributed by atoms with Gasteiger partial charge in [-0.25, -0.2) is 23.5 Å². The van der Waals surface area contributed by atoms with Crippen LogP contribution in [-0.4, -0.2) is 105 Å². The summed E-state index contributed by atoms with van der Waals surface area (Å²) in [7, 11) is 0. The number of benzene rings is 3. The number of thiazole rings is 1. The Labute approximate surface area is 361 Å². The van der Waals surface area contributed by atoms with Gasteiger partial charge in [0.1, 0.15) is 11.6 Å². The fourth-order valence-electron chi connectivity index (χ4n) is 9.69. The van der Waals surface area contributed by atoms with E-state index in [0.29, 0.717) is 40.2 Å². The number of carbonyl (C=O) groups excluding carboxylic acids is 4. The van der Waals surface area contributed by atoms with Crippen molar-refractivity contribution in [3.05, 3.63) is 112 Å². The van der Waals surface area contributed by atoms with Gasteiger partial charge < -0.3 is 14.4 Å². The van der Waals surface area contributed by atoms with Crippen molar-refractivity contribution in [3.8, 4) is 11.1 Å². The Balaban J connectivity index is 0.746. The molecular formula is C45H46F2N10O4S. The summed E-state index contributed by atoms with van der Waals surface area (Å²) >= 11 is 1.28. The average Bonchev–Trinajstić information content (AvgIpc) is 4.10. The molecule has 10 rings (SSSR count). The first kappa shape index (κ1) is 40.1. The van der Waals surface area contributed by atoms with E-state index >= 15 is 8.78 Å². The summed E-state index contributed by atoms with van der Waals surface area (Å²) in [6.45, 7) is 6.77. The summed E-state index contributed by atoms with van der Waals surface area (Å²) in [5, 5.41) is 7.31. The predicted octanol–water partition coefficient (Wildman–Crippen LogP) is 5.80. The van der Waals surface area contributed by atoms with Crippen LogP contribution in [0.2, 0.25) is 0 Å². The Bertz CT molecular complexity index is 2530. The zero-order valence-electron chi connectivity index (χ0n) is 34.1. The van der Waals surface area contributed by atoms with Gasteiger partial charge in [-0.15, -0.1) is 11.3 Å². The van der Waals surface area contributed by atoms with E-state index in [4.69, 9.17) is 0 Å². The predicted molar refractivity (Wildman–Crippen MR) is 230 cm³/mol. The number of nitrogens with one attached hydrogen (secondary N) is 2. The van der Waals surface area contributed by atoms with Gasteiger partial charge in [0.15, 0.2) is 11.2 Å². The number of hydrogen-bond donors (Lipinski definition) is 2. The van der Waals surface area contributed by atoms with Gasteiger partial charge in [-0.05, 0) is 73.2 Å². The number of carbonyl (C=O) groups is 4. The molecule has 17 heteroatoms. The Morgan fingerprint density at radius 2 is 1.65 bits per heavy atom. The summed E-state index contributed by atoms with van der Waals surface area (Å²) in [6.07, 6.45) is 7.21. The molecule has 3 aromatic carbocycles. The third kappa shape index (κ3) is 7.73. The molecule has 62 heavy (non-hydrogen) atoms. The zero-order valence-corrected chi connectivity index (χ0v) is 34.9. The summed E-state index contributed by atoms with van der Waals surface area (Å²) in [6, 6.07) is 15.0. The second kappa shape index (κ2) is 16.7. The highest BCUT2D eigenvalue weighted by molar-refractivity contribution is 7.13. The van der Waals surface area contributed by atoms with Gasteiger partial charge in [0.05, 0.1) is 18.6 Å². The van der Waals surface area contributed by atoms with Crippen molar-refractivity contribution >= 4 is 51.6 Å². The fourth-order valence-corrected chi connectivity index (χ4v) is 10.2. The number of aryl methyl sites for hydroxylation is 1. The Hall–Kier alpha value is -6.04. The van der Waals surface area contributed by atoms with E-state index < -0.39 is 29.7 Å². The lowest BCUT2D eigenvalue weighted by atomic mass is 9.98. The van der Waals surface area contributed by atoms with Gasteiger partial charge in [0, 0.05) is 117 Å². The van der Waals surface area contributed by atoms with Crippen LogP contribution in [0.4, 0.5) is 30.1 Å². The number of anilines is 3. The Morgan fingerprint density at radius 3 is 2.39 bits per heavy atom. The number of piperazine rings is 1. The van der Waals surface area contributed by atoms with Crippen LogP contribution in [-0.2, 0) is 35.6 Å². The van der Waals surface area contributed by atoms with E-state index in [1.165, 1.54) is 33.3 Å². The molecule has 2 N–H and O–H groups in total. The molecule has 5 aliphatic heterocycles. The Morgan fingerprint density at radius 1 is 0.855 bits per heavy atom. The van der Waals surface area contributed by atoms with Crippen molar-refractivity contribution in [2.75, 3.05) is 60.9 Å². The lowest BCUT2D eigenvalue weighted by Gasteiger charge is -2.43. The summed E-state index contributed by atoms with van der Waals surface area (Å²) in [4.78, 5) is 70.5. The molecule has 7 heterocycles. The molecule has 1 unspecified atom stereocenters. The third-order valence-corrected chi connectivity index (χ3v) is 13.7. The van der Waals surface area contributed by atoms with Crippen LogP contribution in [0.5, 0.6) is 0 Å². The van der Waals surface area contributed by atoms with E-state index in [9.17, 15) is 19.2 Å². The van der Waals surface area contributed by atoms with Gasteiger partial charge >= 0.3 is 6.03 Å². The quantitative estimate of drug-likeness (QED) is 0.179. The van der Waals surface area contributed by atoms with Crippen LogP contribution >= 0.6 is 11.3 Å². The van der Waals surface area contributed by atoms with E-state index in [2.05, 4.69) is 47.4 Å². The van der Waals surface area contributed by atoms with E-state index in [1.807, 2.05) is 16.7 Å². The molecule has 5 aromatic rings. The minimum Gasteiger partial charge on any atom is -0.371 e. The maximum atomic E-state index is 15.9. The van der Waals surface area contributed by atoms with E-state index in [-0.39, 0.29) is 42.4 Å². The standard InChI is InChI=1S/C45H46F2N10O4S/c46-36-24-33(56-16-11-39(58)50-45(56)61)8-5-29(36)25-52-17-19-54(20-18-52)32-9-14-53(15-10-32)31-6-3-28(4-7-31)30-22-34-35(37(47)23-30)26-57(43(34)60)41(42(59)51-44-48-12-21-62-44)40-38-2-1-13-55(38)27-49-40/h3-8,12,21-24,27,32,41H,1-2,9-11,13-20,25-26H2,(H,48,51,59)(H,50,58,61). The number of imide groups is 1. The third-order valence-electron chi connectivity index (χ3n) is 13.0. The summed E-state index contributed by atoms with van der Waals surface area (Å²) in [5.41, 5.74) is 5.46. The SMILES string of the molecule is O=C1CCN(c2ccc(CN3CCN(C4CCN(c5ccc(-c6cc(F)c7c(c6)C(=O)N(C(C(=O)Nc6nccs6)c6ncn8c6CCC8)C7)cc5)CC4)CC3)c(F)c2)C(=O)N1. The number of hydrogen-bond acceptors (Lipinski definition) is 10. The van der Waals surface area contributed by atoms with Crippen LogP contribution in [0.3, 0.4) is 0 Å². The first-order chi connectivity index (χ1) is 30.2. The van der Waals surface area contributed by atoms with Crippen LogP contribution in [0.25, 0.3) is 11.1 Å². The first-order valence-electron chi connectivity index (χ1n) is 21.3. The Kier molecular flexibility index (Phi) is 10.8. The minimum absolute atomic E-state index is 0.0457. The molecule has 2 aromatic heterocycles. The highest BCUT2D eigenvalue weighted by atomic mass is 32.1. The van der Waals surface area contributed by atoms with Crippen molar-refractivity contribution in [2.24, 2.45) is 0 Å². The number of aromatic nitrogens is 3. The van der Waals surface area contributed by atoms with Crippen molar-refractivity contribution in [2.45, 2.75) is 63.8 Å². The molecule has 0 spiro atoms. The second-order valence-electron chi connectivity index (χ2n) is 16.6. The molecule has 0 radical (unpaired) electrons. The summed E-state index contributed by atoms with van der Waals surface area (Å²) < 4.78 is 33.1. The minimum atomic E-state index is -1.04. The maximum absolute atomic E-state index is 15.9. The molecule has 0 saturated carbocycles. The number of nitrogens with zero attached hydrogens (tertiary/aromatic N) is 8.